The van der Waals surface area contributed by atoms with Gasteiger partial charge in [0.05, 0.1) is 6.10 Å². The van der Waals surface area contributed by atoms with Crippen molar-refractivity contribution in [1.82, 2.24) is 9.80 Å². The molecule has 0 aliphatic carbocycles. The van der Waals surface area contributed by atoms with E-state index in [2.05, 4.69) is 53.1 Å². The van der Waals surface area contributed by atoms with Crippen LogP contribution in [0.3, 0.4) is 0 Å². The largest absolute Gasteiger partial charge is 0.377 e. The molecule has 5 rings (SSSR count). The van der Waals surface area contributed by atoms with Gasteiger partial charge >= 0.3 is 0 Å². The predicted octanol–water partition coefficient (Wildman–Crippen LogP) is 3.77. The molecule has 0 N–H and O–H groups in total. The minimum Gasteiger partial charge on any atom is -0.377 e. The molecule has 3 saturated heterocycles. The number of carbonyl (C=O) groups is 1. The van der Waals surface area contributed by atoms with Crippen LogP contribution < -0.4 is 4.90 Å². The molecule has 3 aliphatic rings. The molecular weight excluding hydrogens is 374 g/mol. The summed E-state index contributed by atoms with van der Waals surface area (Å²) < 4.78 is 5.89. The number of carbonyl (C=O) groups excluding carboxylic acids is 1. The van der Waals surface area contributed by atoms with Crippen LogP contribution in [0.15, 0.2) is 36.4 Å². The van der Waals surface area contributed by atoms with E-state index in [9.17, 15) is 4.79 Å². The highest BCUT2D eigenvalue weighted by Gasteiger charge is 2.48. The number of benzene rings is 2. The van der Waals surface area contributed by atoms with Gasteiger partial charge in [0, 0.05) is 69.1 Å². The highest BCUT2D eigenvalue weighted by atomic mass is 16.5. The number of rotatable bonds is 4. The van der Waals surface area contributed by atoms with Gasteiger partial charge in [-0.3, -0.25) is 9.69 Å². The van der Waals surface area contributed by atoms with Crippen LogP contribution in [-0.2, 0) is 4.74 Å². The standard InChI is InChI=1S/C25H33N3O2/c1-26(2)23-11-10-22(20-8-3-4-9-21(20)23)24(29)27-14-6-12-25(18-27)13-15-28(25)17-19-7-5-16-30-19/h3-4,8-11,19H,5-7,12-18H2,1-2H3/t19-,25-/m1/s1. The second-order valence-electron chi connectivity index (χ2n) is 9.46. The Labute approximate surface area is 179 Å². The van der Waals surface area contributed by atoms with Crippen LogP contribution in [0.4, 0.5) is 5.69 Å². The van der Waals surface area contributed by atoms with E-state index >= 15 is 0 Å². The summed E-state index contributed by atoms with van der Waals surface area (Å²) in [4.78, 5) is 20.5. The minimum absolute atomic E-state index is 0.166. The number of fused-ring (bicyclic) bond motifs is 1. The van der Waals surface area contributed by atoms with Crippen molar-refractivity contribution in [2.75, 3.05) is 51.8 Å². The predicted molar refractivity (Wildman–Crippen MR) is 121 cm³/mol. The lowest BCUT2D eigenvalue weighted by Gasteiger charge is -2.57. The maximum Gasteiger partial charge on any atom is 0.254 e. The fourth-order valence-electron chi connectivity index (χ4n) is 5.68. The van der Waals surface area contributed by atoms with Gasteiger partial charge in [-0.2, -0.15) is 0 Å². The molecule has 1 amide bonds. The summed E-state index contributed by atoms with van der Waals surface area (Å²) in [6.07, 6.45) is 6.23. The molecular formula is C25H33N3O2. The van der Waals surface area contributed by atoms with Gasteiger partial charge < -0.3 is 14.5 Å². The van der Waals surface area contributed by atoms with Crippen molar-refractivity contribution in [2.24, 2.45) is 0 Å². The number of nitrogens with zero attached hydrogens (tertiary/aromatic N) is 3. The molecule has 0 saturated carbocycles. The number of piperidine rings is 1. The zero-order valence-corrected chi connectivity index (χ0v) is 18.3. The van der Waals surface area contributed by atoms with Gasteiger partial charge in [0.1, 0.15) is 0 Å². The van der Waals surface area contributed by atoms with E-state index in [0.29, 0.717) is 6.10 Å². The van der Waals surface area contributed by atoms with Crippen LogP contribution in [0, 0.1) is 0 Å². The molecule has 0 radical (unpaired) electrons. The third-order valence-corrected chi connectivity index (χ3v) is 7.42. The number of likely N-dealkylation sites (tertiary alicyclic amines) is 2. The molecule has 2 aromatic carbocycles. The average Bonchev–Trinajstić information content (AvgIpc) is 3.29. The molecule has 0 unspecified atom stereocenters. The van der Waals surface area contributed by atoms with Crippen molar-refractivity contribution in [3.63, 3.8) is 0 Å². The maximum atomic E-state index is 13.6. The topological polar surface area (TPSA) is 36.0 Å². The highest BCUT2D eigenvalue weighted by Crippen LogP contribution is 2.40. The fraction of sp³-hybridized carbons (Fsp3) is 0.560. The zero-order valence-electron chi connectivity index (χ0n) is 18.3. The molecule has 30 heavy (non-hydrogen) atoms. The lowest BCUT2D eigenvalue weighted by molar-refractivity contribution is -0.0806. The number of hydrogen-bond acceptors (Lipinski definition) is 4. The van der Waals surface area contributed by atoms with Gasteiger partial charge in [-0.15, -0.1) is 0 Å². The molecule has 5 nitrogen and oxygen atoms in total. The fourth-order valence-corrected chi connectivity index (χ4v) is 5.68. The first-order chi connectivity index (χ1) is 14.6. The van der Waals surface area contributed by atoms with Crippen LogP contribution in [0.1, 0.15) is 42.5 Å². The Kier molecular flexibility index (Phi) is 5.19. The molecule has 0 aromatic heterocycles. The van der Waals surface area contributed by atoms with Gasteiger partial charge in [0.2, 0.25) is 0 Å². The average molecular weight is 408 g/mol. The van der Waals surface area contributed by atoms with E-state index in [0.717, 1.165) is 61.2 Å². The first-order valence-corrected chi connectivity index (χ1v) is 11.4. The second-order valence-corrected chi connectivity index (χ2v) is 9.46. The van der Waals surface area contributed by atoms with E-state index in [1.54, 1.807) is 0 Å². The van der Waals surface area contributed by atoms with Crippen molar-refractivity contribution in [3.8, 4) is 0 Å². The first kappa shape index (κ1) is 19.8. The summed E-state index contributed by atoms with van der Waals surface area (Å²) in [6.45, 7) is 4.79. The zero-order chi connectivity index (χ0) is 20.7. The number of hydrogen-bond donors (Lipinski definition) is 0. The SMILES string of the molecule is CN(C)c1ccc(C(=O)N2CCC[C@@]3(CCN3C[C@H]3CCCO3)C2)c2ccccc12. The van der Waals surface area contributed by atoms with E-state index in [4.69, 9.17) is 4.74 Å². The third kappa shape index (κ3) is 3.38. The number of ether oxygens (including phenoxy) is 1. The molecule has 3 heterocycles. The first-order valence-electron chi connectivity index (χ1n) is 11.4. The van der Waals surface area contributed by atoms with Gasteiger partial charge in [-0.05, 0) is 49.6 Å². The maximum absolute atomic E-state index is 13.6. The van der Waals surface area contributed by atoms with E-state index in [1.807, 2.05) is 12.1 Å². The van der Waals surface area contributed by atoms with Crippen LogP contribution in [0.5, 0.6) is 0 Å². The van der Waals surface area contributed by atoms with Gasteiger partial charge in [-0.25, -0.2) is 0 Å². The monoisotopic (exact) mass is 407 g/mol. The summed E-state index contributed by atoms with van der Waals surface area (Å²) in [5, 5.41) is 2.20. The third-order valence-electron chi connectivity index (χ3n) is 7.42. The Morgan fingerprint density at radius 2 is 1.93 bits per heavy atom. The summed E-state index contributed by atoms with van der Waals surface area (Å²) in [7, 11) is 4.10. The Bertz CT molecular complexity index is 937. The summed E-state index contributed by atoms with van der Waals surface area (Å²) in [5.41, 5.74) is 2.15. The lowest BCUT2D eigenvalue weighted by Crippen LogP contribution is -2.68. The van der Waals surface area contributed by atoms with Crippen LogP contribution >= 0.6 is 0 Å². The normalized spacial score (nSPS) is 26.9. The molecule has 2 aromatic rings. The van der Waals surface area contributed by atoms with Crippen molar-refractivity contribution in [2.45, 2.75) is 43.7 Å². The Hall–Kier alpha value is -2.11. The molecule has 5 heteroatoms. The van der Waals surface area contributed by atoms with E-state index in [-0.39, 0.29) is 11.4 Å². The minimum atomic E-state index is 0.166. The molecule has 0 bridgehead atoms. The van der Waals surface area contributed by atoms with Gasteiger partial charge in [-0.1, -0.05) is 24.3 Å². The molecule has 2 atom stereocenters. The van der Waals surface area contributed by atoms with Crippen LogP contribution in [0.2, 0.25) is 0 Å². The van der Waals surface area contributed by atoms with E-state index < -0.39 is 0 Å². The van der Waals surface area contributed by atoms with E-state index in [1.165, 1.54) is 25.7 Å². The number of amides is 1. The van der Waals surface area contributed by atoms with Crippen molar-refractivity contribution < 1.29 is 9.53 Å². The lowest BCUT2D eigenvalue weighted by atomic mass is 9.77. The van der Waals surface area contributed by atoms with Crippen LogP contribution in [0.25, 0.3) is 10.8 Å². The summed E-state index contributed by atoms with van der Waals surface area (Å²) >= 11 is 0. The van der Waals surface area contributed by atoms with Crippen molar-refractivity contribution >= 4 is 22.4 Å². The Morgan fingerprint density at radius 3 is 2.63 bits per heavy atom. The molecule has 160 valence electrons. The highest BCUT2D eigenvalue weighted by molar-refractivity contribution is 6.10. The second kappa shape index (κ2) is 7.86. The van der Waals surface area contributed by atoms with Gasteiger partial charge in [0.15, 0.2) is 0 Å². The molecule has 3 fully saturated rings. The smallest absolute Gasteiger partial charge is 0.254 e. The summed E-state index contributed by atoms with van der Waals surface area (Å²) in [5.74, 6) is 0.180. The quantitative estimate of drug-likeness (QED) is 0.773. The van der Waals surface area contributed by atoms with Crippen molar-refractivity contribution in [1.29, 1.82) is 0 Å². The van der Waals surface area contributed by atoms with Crippen molar-refractivity contribution in [3.05, 3.63) is 42.0 Å². The van der Waals surface area contributed by atoms with Gasteiger partial charge in [0.25, 0.3) is 5.91 Å². The Balaban J connectivity index is 1.38. The molecule has 3 aliphatic heterocycles. The van der Waals surface area contributed by atoms with Crippen LogP contribution in [-0.4, -0.2) is 74.2 Å². The Morgan fingerprint density at radius 1 is 1.10 bits per heavy atom. The molecule has 1 spiro atoms. The summed E-state index contributed by atoms with van der Waals surface area (Å²) in [6, 6.07) is 12.4. The number of anilines is 1.